The van der Waals surface area contributed by atoms with Crippen LogP contribution in [0.5, 0.6) is 0 Å². The average Bonchev–Trinajstić information content (AvgIpc) is 3.90. The Morgan fingerprint density at radius 2 is 0.848 bits per heavy atom. The fraction of sp³-hybridized carbons (Fsp3) is 0.976. The summed E-state index contributed by atoms with van der Waals surface area (Å²) >= 11 is 0. The highest BCUT2D eigenvalue weighted by Crippen LogP contribution is 2.49. The minimum atomic E-state index is -0.601. The molecular formula is C42H75NO3. The van der Waals surface area contributed by atoms with Crippen molar-refractivity contribution in [2.75, 3.05) is 13.2 Å². The van der Waals surface area contributed by atoms with Gasteiger partial charge in [-0.3, -0.25) is 4.79 Å². The molecule has 8 aliphatic rings. The van der Waals surface area contributed by atoms with Gasteiger partial charge in [-0.1, -0.05) is 90.4 Å². The Balaban J connectivity index is 0.000000121. The first-order chi connectivity index (χ1) is 22.5. The summed E-state index contributed by atoms with van der Waals surface area (Å²) in [6, 6.07) is 0. The zero-order chi connectivity index (χ0) is 32.3. The highest BCUT2D eigenvalue weighted by Gasteiger charge is 2.39. The van der Waals surface area contributed by atoms with Crippen molar-refractivity contribution in [3.8, 4) is 0 Å². The molecule has 0 aromatic heterocycles. The topological polar surface area (TPSA) is 83.6 Å². The molecule has 0 radical (unpaired) electrons. The first-order valence-electron chi connectivity index (χ1n) is 21.0. The zero-order valence-corrected chi connectivity index (χ0v) is 30.1. The molecule has 4 N–H and O–H groups in total. The van der Waals surface area contributed by atoms with Gasteiger partial charge in [0, 0.05) is 13.0 Å². The van der Waals surface area contributed by atoms with E-state index in [-0.39, 0.29) is 0 Å². The van der Waals surface area contributed by atoms with E-state index < -0.39 is 5.97 Å². The van der Waals surface area contributed by atoms with Crippen LogP contribution in [0.15, 0.2) is 0 Å². The third-order valence-electron chi connectivity index (χ3n) is 15.4. The predicted molar refractivity (Wildman–Crippen MR) is 191 cm³/mol. The first-order valence-corrected chi connectivity index (χ1v) is 21.0. The van der Waals surface area contributed by atoms with Crippen molar-refractivity contribution in [2.24, 2.45) is 76.7 Å². The standard InChI is InChI=1S/C11H18O2.C11H20.C10H19N.C10H18O/c12-11(13)7-9-6-5-8-3-1-2-4-10(8)9;1-2-9-7-8-10-5-3-4-6-11(9)10;2*11-7-9-6-5-8-3-1-2-4-10(8)9/h8-10H,1-7H2,(H,12,13);9-11H,2-8H2,1H3;8-10H,1-7,11H2;8-11H,1-7H2. The molecule has 8 aliphatic carbocycles. The summed E-state index contributed by atoms with van der Waals surface area (Å²) in [5.74, 6) is 10.5. The number of aliphatic hydroxyl groups is 1. The second kappa shape index (κ2) is 19.0. The number of hydrogen-bond acceptors (Lipinski definition) is 3. The van der Waals surface area contributed by atoms with Gasteiger partial charge in [0.1, 0.15) is 0 Å². The van der Waals surface area contributed by atoms with E-state index in [9.17, 15) is 4.79 Å². The lowest BCUT2D eigenvalue weighted by molar-refractivity contribution is -0.138. The van der Waals surface area contributed by atoms with E-state index in [0.717, 1.165) is 65.7 Å². The van der Waals surface area contributed by atoms with E-state index in [4.69, 9.17) is 15.9 Å². The van der Waals surface area contributed by atoms with Crippen LogP contribution >= 0.6 is 0 Å². The fourth-order valence-electron chi connectivity index (χ4n) is 12.9. The Morgan fingerprint density at radius 1 is 0.500 bits per heavy atom. The monoisotopic (exact) mass is 642 g/mol. The Labute approximate surface area is 284 Å². The number of fused-ring (bicyclic) bond motifs is 4. The number of aliphatic hydroxyl groups excluding tert-OH is 1. The van der Waals surface area contributed by atoms with E-state index in [0.29, 0.717) is 24.9 Å². The van der Waals surface area contributed by atoms with Gasteiger partial charge in [-0.05, 0) is 155 Å². The number of carboxylic acids is 1. The van der Waals surface area contributed by atoms with Crippen molar-refractivity contribution in [3.05, 3.63) is 0 Å². The molecule has 4 heteroatoms. The van der Waals surface area contributed by atoms with Crippen LogP contribution in [0.2, 0.25) is 0 Å². The second-order valence-electron chi connectivity index (χ2n) is 17.6. The van der Waals surface area contributed by atoms with E-state index in [2.05, 4.69) is 6.92 Å². The molecule has 0 bridgehead atoms. The third kappa shape index (κ3) is 9.76. The molecule has 8 rings (SSSR count). The van der Waals surface area contributed by atoms with Crippen LogP contribution in [0.1, 0.15) is 174 Å². The molecule has 12 unspecified atom stereocenters. The van der Waals surface area contributed by atoms with Crippen LogP contribution in [-0.4, -0.2) is 29.3 Å². The Hall–Kier alpha value is -0.610. The van der Waals surface area contributed by atoms with Gasteiger partial charge in [0.2, 0.25) is 0 Å². The van der Waals surface area contributed by atoms with Crippen LogP contribution in [0.4, 0.5) is 0 Å². The van der Waals surface area contributed by atoms with Gasteiger partial charge in [-0.2, -0.15) is 0 Å². The fourth-order valence-corrected chi connectivity index (χ4v) is 12.9. The summed E-state index contributed by atoms with van der Waals surface area (Å²) in [6.45, 7) is 3.77. The average molecular weight is 642 g/mol. The highest BCUT2D eigenvalue weighted by molar-refractivity contribution is 5.67. The minimum Gasteiger partial charge on any atom is -0.481 e. The smallest absolute Gasteiger partial charge is 0.303 e. The SMILES string of the molecule is CCC1CCC2CCCCC12.NCC1CCC2CCCCC12.O=C(O)CC1CCC2CCCCC21.OCC1CCC2CCCCC12. The number of rotatable bonds is 5. The number of aliphatic carboxylic acids is 1. The maximum absolute atomic E-state index is 10.6. The van der Waals surface area contributed by atoms with E-state index >= 15 is 0 Å². The van der Waals surface area contributed by atoms with Crippen molar-refractivity contribution < 1.29 is 15.0 Å². The summed E-state index contributed by atoms with van der Waals surface area (Å²) in [5, 5.41) is 17.9. The maximum atomic E-state index is 10.6. The predicted octanol–water partition coefficient (Wildman–Crippen LogP) is 10.6. The van der Waals surface area contributed by atoms with Gasteiger partial charge in [-0.15, -0.1) is 0 Å². The summed E-state index contributed by atoms with van der Waals surface area (Å²) < 4.78 is 0. The van der Waals surface area contributed by atoms with Gasteiger partial charge in [0.05, 0.1) is 0 Å². The third-order valence-corrected chi connectivity index (χ3v) is 15.4. The molecule has 12 atom stereocenters. The summed E-state index contributed by atoms with van der Waals surface area (Å²) in [4.78, 5) is 10.6. The lowest BCUT2D eigenvalue weighted by Gasteiger charge is -2.28. The molecule has 0 amide bonds. The molecule has 0 spiro atoms. The highest BCUT2D eigenvalue weighted by atomic mass is 16.4. The molecular weight excluding hydrogens is 566 g/mol. The lowest BCUT2D eigenvalue weighted by atomic mass is 9.77. The van der Waals surface area contributed by atoms with Crippen LogP contribution in [-0.2, 0) is 4.79 Å². The van der Waals surface area contributed by atoms with E-state index in [1.807, 2.05) is 0 Å². The Bertz CT molecular complexity index is 783. The number of nitrogens with two attached hydrogens (primary N) is 1. The van der Waals surface area contributed by atoms with Gasteiger partial charge in [-0.25, -0.2) is 0 Å². The molecule has 8 saturated carbocycles. The van der Waals surface area contributed by atoms with Gasteiger partial charge in [0.25, 0.3) is 0 Å². The minimum absolute atomic E-state index is 0.418. The number of carbonyl (C=O) groups is 1. The summed E-state index contributed by atoms with van der Waals surface area (Å²) in [6.07, 6.45) is 36.2. The molecule has 0 heterocycles. The summed E-state index contributed by atoms with van der Waals surface area (Å²) in [5.41, 5.74) is 5.74. The van der Waals surface area contributed by atoms with Crippen molar-refractivity contribution in [1.29, 1.82) is 0 Å². The summed E-state index contributed by atoms with van der Waals surface area (Å²) in [7, 11) is 0. The van der Waals surface area contributed by atoms with E-state index in [1.165, 1.54) is 135 Å². The number of hydrogen-bond donors (Lipinski definition) is 3. The van der Waals surface area contributed by atoms with Crippen molar-refractivity contribution >= 4 is 5.97 Å². The van der Waals surface area contributed by atoms with Gasteiger partial charge < -0.3 is 15.9 Å². The molecule has 266 valence electrons. The maximum Gasteiger partial charge on any atom is 0.303 e. The zero-order valence-electron chi connectivity index (χ0n) is 30.1. The Morgan fingerprint density at radius 3 is 1.26 bits per heavy atom. The molecule has 8 fully saturated rings. The second-order valence-corrected chi connectivity index (χ2v) is 17.6. The van der Waals surface area contributed by atoms with Crippen LogP contribution < -0.4 is 5.73 Å². The molecule has 0 aliphatic heterocycles. The largest absolute Gasteiger partial charge is 0.481 e. The van der Waals surface area contributed by atoms with Crippen molar-refractivity contribution in [3.63, 3.8) is 0 Å². The normalized spacial score (nSPS) is 42.4. The van der Waals surface area contributed by atoms with Crippen LogP contribution in [0, 0.1) is 71.0 Å². The Kier molecular flexibility index (Phi) is 15.1. The number of carboxylic acid groups (broad SMARTS) is 1. The van der Waals surface area contributed by atoms with E-state index in [1.54, 1.807) is 25.7 Å². The molecule has 0 aromatic carbocycles. The molecule has 0 aromatic rings. The molecule has 4 nitrogen and oxygen atoms in total. The lowest BCUT2D eigenvalue weighted by Crippen LogP contribution is -2.24. The van der Waals surface area contributed by atoms with Crippen LogP contribution in [0.3, 0.4) is 0 Å². The van der Waals surface area contributed by atoms with Gasteiger partial charge >= 0.3 is 5.97 Å². The van der Waals surface area contributed by atoms with Gasteiger partial charge in [0.15, 0.2) is 0 Å². The molecule has 0 saturated heterocycles. The van der Waals surface area contributed by atoms with Crippen molar-refractivity contribution in [2.45, 2.75) is 174 Å². The first kappa shape index (κ1) is 36.7. The van der Waals surface area contributed by atoms with Crippen molar-refractivity contribution in [1.82, 2.24) is 0 Å². The van der Waals surface area contributed by atoms with Crippen LogP contribution in [0.25, 0.3) is 0 Å². The molecule has 46 heavy (non-hydrogen) atoms. The quantitative estimate of drug-likeness (QED) is 0.279.